The third kappa shape index (κ3) is 8.95. The van der Waals surface area contributed by atoms with Gasteiger partial charge in [0.05, 0.1) is 4.88 Å². The summed E-state index contributed by atoms with van der Waals surface area (Å²) in [6.07, 6.45) is -4.13. The van der Waals surface area contributed by atoms with Gasteiger partial charge in [0.1, 0.15) is 5.75 Å². The molecule has 1 heterocycles. The normalized spacial score (nSPS) is 11.4. The molecule has 0 unspecified atom stereocenters. The molecule has 0 aliphatic rings. The molecule has 6 nitrogen and oxygen atoms in total. The predicted molar refractivity (Wildman–Crippen MR) is 110 cm³/mol. The van der Waals surface area contributed by atoms with Crippen LogP contribution < -0.4 is 21.1 Å². The van der Waals surface area contributed by atoms with Gasteiger partial charge in [-0.05, 0) is 42.1 Å². The number of nitrogens with two attached hydrogens (primary N) is 1. The minimum atomic E-state index is -4.73. The predicted octanol–water partition coefficient (Wildman–Crippen LogP) is 3.81. The minimum Gasteiger partial charge on any atom is -0.406 e. The zero-order valence-electron chi connectivity index (χ0n) is 14.0. The molecule has 0 aliphatic carbocycles. The van der Waals surface area contributed by atoms with Gasteiger partial charge in [-0.15, -0.1) is 48.5 Å². The lowest BCUT2D eigenvalue weighted by Gasteiger charge is -2.10. The van der Waals surface area contributed by atoms with Crippen LogP contribution in [-0.2, 0) is 0 Å². The molecule has 2 aromatic rings. The van der Waals surface area contributed by atoms with Crippen molar-refractivity contribution in [1.82, 2.24) is 5.32 Å². The molecule has 148 valence electrons. The van der Waals surface area contributed by atoms with Gasteiger partial charge in [0.25, 0.3) is 5.91 Å². The van der Waals surface area contributed by atoms with Crippen molar-refractivity contribution in [2.24, 2.45) is 10.7 Å². The molecule has 2 rings (SSSR count). The summed E-state index contributed by atoms with van der Waals surface area (Å²) in [7, 11) is 0. The van der Waals surface area contributed by atoms with Gasteiger partial charge < -0.3 is 21.1 Å². The number of amides is 1. The molecule has 27 heavy (non-hydrogen) atoms. The standard InChI is InChI=1S/C16H17F3N4O2S.HI/c17-16(18,19)25-12-6-4-11(5-7-12)23-15(20)22-9-2-8-21-14(24)13-3-1-10-26-13;/h1,3-7,10H,2,8-9H2,(H,21,24)(H3,20,22,23);1H. The first-order valence-corrected chi connectivity index (χ1v) is 8.46. The molecular formula is C16H18F3IN4O2S. The maximum absolute atomic E-state index is 12.1. The Morgan fingerprint density at radius 2 is 1.93 bits per heavy atom. The molecule has 0 saturated carbocycles. The molecule has 1 amide bonds. The lowest BCUT2D eigenvalue weighted by Crippen LogP contribution is -2.25. The zero-order valence-corrected chi connectivity index (χ0v) is 17.1. The van der Waals surface area contributed by atoms with E-state index >= 15 is 0 Å². The van der Waals surface area contributed by atoms with Gasteiger partial charge >= 0.3 is 6.36 Å². The smallest absolute Gasteiger partial charge is 0.406 e. The number of carbonyl (C=O) groups excluding carboxylic acids is 1. The van der Waals surface area contributed by atoms with E-state index in [-0.39, 0.29) is 41.6 Å². The van der Waals surface area contributed by atoms with Gasteiger partial charge in [-0.1, -0.05) is 6.07 Å². The van der Waals surface area contributed by atoms with Gasteiger partial charge in [0.15, 0.2) is 5.96 Å². The second-order valence-electron chi connectivity index (χ2n) is 5.05. The quantitative estimate of drug-likeness (QED) is 0.227. The molecule has 0 saturated heterocycles. The summed E-state index contributed by atoms with van der Waals surface area (Å²) in [6, 6.07) is 8.67. The number of carbonyl (C=O) groups is 1. The SMILES string of the molecule is I.NC(=NCCCNC(=O)c1cccs1)Nc1ccc(OC(F)(F)F)cc1. The van der Waals surface area contributed by atoms with Gasteiger partial charge in [-0.3, -0.25) is 9.79 Å². The number of aliphatic imine (C=N–C) groups is 1. The van der Waals surface area contributed by atoms with Crippen LogP contribution in [0.3, 0.4) is 0 Å². The van der Waals surface area contributed by atoms with Gasteiger partial charge in [0, 0.05) is 18.8 Å². The fourth-order valence-electron chi connectivity index (χ4n) is 1.90. The number of nitrogens with zero attached hydrogens (tertiary/aromatic N) is 1. The molecular weight excluding hydrogens is 496 g/mol. The van der Waals surface area contributed by atoms with E-state index < -0.39 is 6.36 Å². The summed E-state index contributed by atoms with van der Waals surface area (Å²) < 4.78 is 40.0. The highest BCUT2D eigenvalue weighted by atomic mass is 127. The molecule has 4 N–H and O–H groups in total. The largest absolute Gasteiger partial charge is 0.573 e. The van der Waals surface area contributed by atoms with Crippen molar-refractivity contribution in [2.75, 3.05) is 18.4 Å². The van der Waals surface area contributed by atoms with Crippen LogP contribution in [0.2, 0.25) is 0 Å². The number of rotatable bonds is 7. The number of thiophene rings is 1. The van der Waals surface area contributed by atoms with Crippen LogP contribution in [0.5, 0.6) is 5.75 Å². The van der Waals surface area contributed by atoms with Crippen LogP contribution in [0.4, 0.5) is 18.9 Å². The minimum absolute atomic E-state index is 0. The van der Waals surface area contributed by atoms with Gasteiger partial charge in [-0.25, -0.2) is 0 Å². The maximum Gasteiger partial charge on any atom is 0.573 e. The molecule has 0 radical (unpaired) electrons. The highest BCUT2D eigenvalue weighted by molar-refractivity contribution is 14.0. The van der Waals surface area contributed by atoms with Crippen LogP contribution in [-0.4, -0.2) is 31.3 Å². The number of ether oxygens (including phenoxy) is 1. The van der Waals surface area contributed by atoms with Crippen LogP contribution in [0.1, 0.15) is 16.1 Å². The number of benzene rings is 1. The topological polar surface area (TPSA) is 88.7 Å². The molecule has 0 aliphatic heterocycles. The molecule has 0 atom stereocenters. The average molecular weight is 514 g/mol. The summed E-state index contributed by atoms with van der Waals surface area (Å²) in [5.41, 5.74) is 6.19. The van der Waals surface area contributed by atoms with E-state index in [1.54, 1.807) is 12.1 Å². The van der Waals surface area contributed by atoms with Crippen LogP contribution in [0.15, 0.2) is 46.8 Å². The van der Waals surface area contributed by atoms with E-state index in [0.717, 1.165) is 0 Å². The third-order valence-electron chi connectivity index (χ3n) is 3.01. The summed E-state index contributed by atoms with van der Waals surface area (Å²) in [5.74, 6) is -0.324. The zero-order chi connectivity index (χ0) is 19.0. The van der Waals surface area contributed by atoms with E-state index in [9.17, 15) is 18.0 Å². The first-order valence-electron chi connectivity index (χ1n) is 7.58. The highest BCUT2D eigenvalue weighted by Crippen LogP contribution is 2.23. The van der Waals surface area contributed by atoms with Crippen molar-refractivity contribution in [2.45, 2.75) is 12.8 Å². The number of anilines is 1. The van der Waals surface area contributed by atoms with E-state index in [4.69, 9.17) is 5.73 Å². The lowest BCUT2D eigenvalue weighted by atomic mass is 10.3. The Hall–Kier alpha value is -2.02. The summed E-state index contributed by atoms with van der Waals surface area (Å²) >= 11 is 1.36. The van der Waals surface area contributed by atoms with E-state index in [1.165, 1.54) is 35.6 Å². The number of guanidine groups is 1. The second kappa shape index (κ2) is 11.0. The van der Waals surface area contributed by atoms with Crippen molar-refractivity contribution in [3.63, 3.8) is 0 Å². The number of alkyl halides is 3. The summed E-state index contributed by atoms with van der Waals surface area (Å²) in [5, 5.41) is 7.35. The Morgan fingerprint density at radius 1 is 1.22 bits per heavy atom. The van der Waals surface area contributed by atoms with Crippen molar-refractivity contribution in [1.29, 1.82) is 0 Å². The van der Waals surface area contributed by atoms with E-state index in [2.05, 4.69) is 20.4 Å². The fourth-order valence-corrected chi connectivity index (χ4v) is 2.54. The first kappa shape index (κ1) is 23.0. The van der Waals surface area contributed by atoms with Crippen molar-refractivity contribution in [3.8, 4) is 5.75 Å². The van der Waals surface area contributed by atoms with Gasteiger partial charge in [-0.2, -0.15) is 0 Å². The molecule has 11 heteroatoms. The first-order chi connectivity index (χ1) is 12.3. The average Bonchev–Trinajstić information content (AvgIpc) is 3.09. The fraction of sp³-hybridized carbons (Fsp3) is 0.250. The Bertz CT molecular complexity index is 737. The maximum atomic E-state index is 12.1. The van der Waals surface area contributed by atoms with E-state index in [1.807, 2.05) is 5.38 Å². The van der Waals surface area contributed by atoms with Crippen LogP contribution in [0, 0.1) is 0 Å². The van der Waals surface area contributed by atoms with Crippen LogP contribution in [0.25, 0.3) is 0 Å². The van der Waals surface area contributed by atoms with Crippen molar-refractivity contribution < 1.29 is 22.7 Å². The molecule has 0 bridgehead atoms. The Balaban J connectivity index is 0.00000364. The molecule has 0 spiro atoms. The Morgan fingerprint density at radius 3 is 2.52 bits per heavy atom. The summed E-state index contributed by atoms with van der Waals surface area (Å²) in [6.45, 7) is 0.843. The highest BCUT2D eigenvalue weighted by Gasteiger charge is 2.30. The van der Waals surface area contributed by atoms with Crippen LogP contribution >= 0.6 is 35.3 Å². The number of nitrogens with one attached hydrogen (secondary N) is 2. The third-order valence-corrected chi connectivity index (χ3v) is 3.88. The molecule has 1 aromatic carbocycles. The van der Waals surface area contributed by atoms with E-state index in [0.29, 0.717) is 30.1 Å². The molecule has 0 fully saturated rings. The monoisotopic (exact) mass is 514 g/mol. The van der Waals surface area contributed by atoms with Gasteiger partial charge in [0.2, 0.25) is 0 Å². The molecule has 1 aromatic heterocycles. The van der Waals surface area contributed by atoms with Crippen molar-refractivity contribution in [3.05, 3.63) is 46.7 Å². The van der Waals surface area contributed by atoms with Crippen molar-refractivity contribution >= 4 is 52.9 Å². The number of hydrogen-bond donors (Lipinski definition) is 3. The lowest BCUT2D eigenvalue weighted by molar-refractivity contribution is -0.274. The Labute approximate surface area is 175 Å². The number of hydrogen-bond acceptors (Lipinski definition) is 4. The second-order valence-corrected chi connectivity index (χ2v) is 6.00. The Kier molecular flexibility index (Phi) is 9.35. The summed E-state index contributed by atoms with van der Waals surface area (Å²) in [4.78, 5) is 16.4. The number of halogens is 4.